The summed E-state index contributed by atoms with van der Waals surface area (Å²) in [6.45, 7) is 3.60. The SMILES string of the molecule is COC(=O)COc1ccc(NC(=O)c2ccn(C3CCCNC3)n2)c(C)c1. The Morgan fingerprint density at radius 2 is 2.22 bits per heavy atom. The van der Waals surface area contributed by atoms with Gasteiger partial charge in [0.2, 0.25) is 0 Å². The van der Waals surface area contributed by atoms with Gasteiger partial charge in [-0.05, 0) is 56.1 Å². The number of nitrogens with one attached hydrogen (secondary N) is 2. The first-order valence-electron chi connectivity index (χ1n) is 8.94. The summed E-state index contributed by atoms with van der Waals surface area (Å²) in [6.07, 6.45) is 4.01. The Morgan fingerprint density at radius 3 is 2.93 bits per heavy atom. The molecule has 1 aliphatic rings. The molecule has 0 aliphatic carbocycles. The number of carbonyl (C=O) groups excluding carboxylic acids is 2. The summed E-state index contributed by atoms with van der Waals surface area (Å²) in [5, 5.41) is 10.6. The van der Waals surface area contributed by atoms with Crippen LogP contribution in [0.3, 0.4) is 0 Å². The summed E-state index contributed by atoms with van der Waals surface area (Å²) >= 11 is 0. The number of ether oxygens (including phenoxy) is 2. The van der Waals surface area contributed by atoms with Crippen LogP contribution in [-0.2, 0) is 9.53 Å². The zero-order valence-corrected chi connectivity index (χ0v) is 15.5. The van der Waals surface area contributed by atoms with E-state index in [0.29, 0.717) is 17.1 Å². The van der Waals surface area contributed by atoms with Crippen molar-refractivity contribution in [3.8, 4) is 5.75 Å². The number of esters is 1. The van der Waals surface area contributed by atoms with Crippen LogP contribution in [0.5, 0.6) is 5.75 Å². The molecule has 0 spiro atoms. The molecule has 1 saturated heterocycles. The molecular weight excluding hydrogens is 348 g/mol. The number of piperidine rings is 1. The minimum Gasteiger partial charge on any atom is -0.482 e. The average molecular weight is 372 g/mol. The van der Waals surface area contributed by atoms with Gasteiger partial charge in [-0.3, -0.25) is 9.48 Å². The van der Waals surface area contributed by atoms with Gasteiger partial charge in [0.1, 0.15) is 5.75 Å². The number of aromatic nitrogens is 2. The Bertz CT molecular complexity index is 812. The van der Waals surface area contributed by atoms with E-state index in [4.69, 9.17) is 4.74 Å². The molecular formula is C19H24N4O4. The van der Waals surface area contributed by atoms with Crippen LogP contribution in [0.15, 0.2) is 30.5 Å². The molecule has 3 rings (SSSR count). The molecule has 1 aromatic heterocycles. The van der Waals surface area contributed by atoms with E-state index in [1.54, 1.807) is 24.3 Å². The lowest BCUT2D eigenvalue weighted by Gasteiger charge is -2.22. The van der Waals surface area contributed by atoms with E-state index in [-0.39, 0.29) is 18.6 Å². The fourth-order valence-corrected chi connectivity index (χ4v) is 2.98. The average Bonchev–Trinajstić information content (AvgIpc) is 3.19. The minimum atomic E-state index is -0.450. The van der Waals surface area contributed by atoms with E-state index < -0.39 is 5.97 Å². The highest BCUT2D eigenvalue weighted by atomic mass is 16.6. The molecule has 1 aliphatic heterocycles. The van der Waals surface area contributed by atoms with Gasteiger partial charge in [0.25, 0.3) is 5.91 Å². The van der Waals surface area contributed by atoms with Crippen LogP contribution in [0.25, 0.3) is 0 Å². The fraction of sp³-hybridized carbons (Fsp3) is 0.421. The van der Waals surface area contributed by atoms with Gasteiger partial charge >= 0.3 is 5.97 Å². The van der Waals surface area contributed by atoms with Crippen LogP contribution in [0.4, 0.5) is 5.69 Å². The lowest BCUT2D eigenvalue weighted by molar-refractivity contribution is -0.142. The highest BCUT2D eigenvalue weighted by Crippen LogP contribution is 2.22. The molecule has 0 bridgehead atoms. The summed E-state index contributed by atoms with van der Waals surface area (Å²) in [6, 6.07) is 7.20. The molecule has 27 heavy (non-hydrogen) atoms. The largest absolute Gasteiger partial charge is 0.482 e. The van der Waals surface area contributed by atoms with Crippen molar-refractivity contribution in [3.63, 3.8) is 0 Å². The van der Waals surface area contributed by atoms with Crippen molar-refractivity contribution in [1.82, 2.24) is 15.1 Å². The quantitative estimate of drug-likeness (QED) is 0.753. The third kappa shape index (κ3) is 4.85. The molecule has 2 heterocycles. The van der Waals surface area contributed by atoms with Gasteiger partial charge in [0.05, 0.1) is 13.2 Å². The van der Waals surface area contributed by atoms with Gasteiger partial charge in [-0.1, -0.05) is 0 Å². The Kier molecular flexibility index (Phi) is 6.08. The predicted octanol–water partition coefficient (Wildman–Crippen LogP) is 1.92. The lowest BCUT2D eigenvalue weighted by atomic mass is 10.1. The number of anilines is 1. The number of nitrogens with zero attached hydrogens (tertiary/aromatic N) is 2. The van der Waals surface area contributed by atoms with Crippen LogP contribution >= 0.6 is 0 Å². The van der Waals surface area contributed by atoms with E-state index in [9.17, 15) is 9.59 Å². The molecule has 1 atom stereocenters. The summed E-state index contributed by atoms with van der Waals surface area (Å²) in [5.74, 6) is -0.178. The molecule has 1 unspecified atom stereocenters. The molecule has 0 saturated carbocycles. The van der Waals surface area contributed by atoms with Crippen LogP contribution in [-0.4, -0.2) is 48.5 Å². The number of hydrogen-bond donors (Lipinski definition) is 2. The molecule has 8 nitrogen and oxygen atoms in total. The maximum Gasteiger partial charge on any atom is 0.343 e. The smallest absolute Gasteiger partial charge is 0.343 e. The van der Waals surface area contributed by atoms with E-state index in [0.717, 1.165) is 31.5 Å². The number of aryl methyl sites for hydroxylation is 1. The van der Waals surface area contributed by atoms with E-state index in [1.165, 1.54) is 7.11 Å². The van der Waals surface area contributed by atoms with Crippen molar-refractivity contribution in [2.45, 2.75) is 25.8 Å². The second kappa shape index (κ2) is 8.68. The van der Waals surface area contributed by atoms with Gasteiger partial charge in [0, 0.05) is 18.4 Å². The fourth-order valence-electron chi connectivity index (χ4n) is 2.98. The normalized spacial score (nSPS) is 16.6. The highest BCUT2D eigenvalue weighted by molar-refractivity contribution is 6.03. The highest BCUT2D eigenvalue weighted by Gasteiger charge is 2.18. The van der Waals surface area contributed by atoms with Crippen molar-refractivity contribution in [2.24, 2.45) is 0 Å². The van der Waals surface area contributed by atoms with Gasteiger partial charge in [-0.15, -0.1) is 0 Å². The summed E-state index contributed by atoms with van der Waals surface area (Å²) < 4.78 is 11.7. The first-order chi connectivity index (χ1) is 13.1. The Labute approximate surface area is 157 Å². The molecule has 1 aromatic carbocycles. The number of carbonyl (C=O) groups is 2. The van der Waals surface area contributed by atoms with Gasteiger partial charge in [-0.2, -0.15) is 5.10 Å². The van der Waals surface area contributed by atoms with E-state index in [2.05, 4.69) is 20.5 Å². The summed E-state index contributed by atoms with van der Waals surface area (Å²) in [4.78, 5) is 23.6. The number of benzene rings is 1. The van der Waals surface area contributed by atoms with Gasteiger partial charge in [-0.25, -0.2) is 4.79 Å². The first kappa shape index (κ1) is 18.9. The van der Waals surface area contributed by atoms with Crippen LogP contribution < -0.4 is 15.4 Å². The molecule has 2 aromatic rings. The third-order valence-electron chi connectivity index (χ3n) is 4.52. The number of hydrogen-bond acceptors (Lipinski definition) is 6. The zero-order chi connectivity index (χ0) is 19.2. The maximum atomic E-state index is 12.5. The maximum absolute atomic E-state index is 12.5. The number of methoxy groups -OCH3 is 1. The number of amides is 1. The van der Waals surface area contributed by atoms with Crippen molar-refractivity contribution in [3.05, 3.63) is 41.7 Å². The molecule has 1 fully saturated rings. The third-order valence-corrected chi connectivity index (χ3v) is 4.52. The molecule has 2 N–H and O–H groups in total. The standard InChI is InChI=1S/C19H24N4O4/c1-13-10-15(27-12-18(24)26-2)5-6-16(13)21-19(25)17-7-9-23(22-17)14-4-3-8-20-11-14/h5-7,9-10,14,20H,3-4,8,11-12H2,1-2H3,(H,21,25). The van der Waals surface area contributed by atoms with E-state index in [1.807, 2.05) is 17.8 Å². The topological polar surface area (TPSA) is 94.5 Å². The Hall–Kier alpha value is -2.87. The van der Waals surface area contributed by atoms with Crippen molar-refractivity contribution in [2.75, 3.05) is 32.1 Å². The predicted molar refractivity (Wildman–Crippen MR) is 100 cm³/mol. The van der Waals surface area contributed by atoms with Crippen LogP contribution in [0.2, 0.25) is 0 Å². The Morgan fingerprint density at radius 1 is 1.37 bits per heavy atom. The minimum absolute atomic E-state index is 0.158. The molecule has 1 amide bonds. The van der Waals surface area contributed by atoms with Crippen LogP contribution in [0, 0.1) is 6.92 Å². The number of rotatable bonds is 6. The van der Waals surface area contributed by atoms with Crippen molar-refractivity contribution >= 4 is 17.6 Å². The second-order valence-electron chi connectivity index (χ2n) is 6.48. The van der Waals surface area contributed by atoms with E-state index >= 15 is 0 Å². The zero-order valence-electron chi connectivity index (χ0n) is 15.5. The lowest BCUT2D eigenvalue weighted by Crippen LogP contribution is -2.32. The van der Waals surface area contributed by atoms with Crippen molar-refractivity contribution < 1.29 is 19.1 Å². The van der Waals surface area contributed by atoms with Crippen LogP contribution in [0.1, 0.15) is 34.9 Å². The first-order valence-corrected chi connectivity index (χ1v) is 8.94. The van der Waals surface area contributed by atoms with Gasteiger partial charge in [0.15, 0.2) is 12.3 Å². The Balaban J connectivity index is 1.62. The van der Waals surface area contributed by atoms with Gasteiger partial charge < -0.3 is 20.1 Å². The molecule has 8 heteroatoms. The summed E-state index contributed by atoms with van der Waals surface area (Å²) in [5.41, 5.74) is 1.87. The monoisotopic (exact) mass is 372 g/mol. The second-order valence-corrected chi connectivity index (χ2v) is 6.48. The van der Waals surface area contributed by atoms with Crippen molar-refractivity contribution in [1.29, 1.82) is 0 Å². The molecule has 144 valence electrons. The summed E-state index contributed by atoms with van der Waals surface area (Å²) in [7, 11) is 1.31. The molecule has 0 radical (unpaired) electrons.